The van der Waals surface area contributed by atoms with E-state index in [-0.39, 0.29) is 12.2 Å². The maximum atomic E-state index is 13.3. The molecule has 0 atom stereocenters. The number of anilines is 1. The molecule has 3 aromatic rings. The van der Waals surface area contributed by atoms with E-state index in [9.17, 15) is 14.4 Å². The molecule has 0 radical (unpaired) electrons. The topological polar surface area (TPSA) is 84.9 Å². The molecule has 0 aliphatic carbocycles. The summed E-state index contributed by atoms with van der Waals surface area (Å²) in [5.41, 5.74) is 2.39. The van der Waals surface area contributed by atoms with E-state index in [1.807, 2.05) is 24.3 Å². The van der Waals surface area contributed by atoms with Crippen molar-refractivity contribution in [1.29, 1.82) is 0 Å². The number of nitrogens with one attached hydrogen (secondary N) is 1. The minimum atomic E-state index is -0.789. The smallest absolute Gasteiger partial charge is 0.335 e. The summed E-state index contributed by atoms with van der Waals surface area (Å²) in [6.45, 7) is 2.05. The molecule has 0 saturated carbocycles. The van der Waals surface area contributed by atoms with E-state index in [4.69, 9.17) is 9.47 Å². The highest BCUT2D eigenvalue weighted by molar-refractivity contribution is 9.10. The van der Waals surface area contributed by atoms with Gasteiger partial charge in [0.1, 0.15) is 23.7 Å². The molecule has 0 unspecified atom stereocenters. The van der Waals surface area contributed by atoms with Crippen LogP contribution in [0.2, 0.25) is 0 Å². The number of ether oxygens (including phenoxy) is 2. The lowest BCUT2D eigenvalue weighted by atomic mass is 10.0. The van der Waals surface area contributed by atoms with Crippen LogP contribution in [0.15, 0.2) is 76.8 Å². The Morgan fingerprint density at radius 3 is 2.44 bits per heavy atom. The predicted octanol–water partition coefficient (Wildman–Crippen LogP) is 5.01. The third-order valence-corrected chi connectivity index (χ3v) is 5.81. The Labute approximate surface area is 205 Å². The van der Waals surface area contributed by atoms with E-state index in [2.05, 4.69) is 21.2 Å². The first-order valence-electron chi connectivity index (χ1n) is 10.4. The van der Waals surface area contributed by atoms with Gasteiger partial charge in [-0.15, -0.1) is 0 Å². The Hall–Kier alpha value is -3.91. The van der Waals surface area contributed by atoms with Crippen LogP contribution >= 0.6 is 15.9 Å². The molecular formula is C26H21BrN2O5. The zero-order valence-corrected chi connectivity index (χ0v) is 20.1. The van der Waals surface area contributed by atoms with Crippen LogP contribution in [0.25, 0.3) is 6.08 Å². The molecule has 3 aromatic carbocycles. The molecule has 4 amide bonds. The summed E-state index contributed by atoms with van der Waals surface area (Å²) in [6, 6.07) is 18.9. The van der Waals surface area contributed by atoms with Gasteiger partial charge in [0.15, 0.2) is 0 Å². The van der Waals surface area contributed by atoms with Crippen molar-refractivity contribution in [3.05, 3.63) is 93.5 Å². The summed E-state index contributed by atoms with van der Waals surface area (Å²) >= 11 is 3.41. The predicted molar refractivity (Wildman–Crippen MR) is 132 cm³/mol. The monoisotopic (exact) mass is 520 g/mol. The second kappa shape index (κ2) is 9.93. The number of nitrogens with zero attached hydrogens (tertiary/aromatic N) is 1. The number of halogens is 1. The molecule has 1 saturated heterocycles. The number of carbonyl (C=O) groups is 3. The van der Waals surface area contributed by atoms with Crippen LogP contribution in [-0.2, 0) is 16.2 Å². The van der Waals surface area contributed by atoms with E-state index in [1.54, 1.807) is 49.4 Å². The first-order valence-corrected chi connectivity index (χ1v) is 11.2. The normalized spacial score (nSPS) is 14.9. The van der Waals surface area contributed by atoms with Crippen molar-refractivity contribution in [2.75, 3.05) is 12.0 Å². The van der Waals surface area contributed by atoms with Crippen molar-refractivity contribution in [2.45, 2.75) is 13.5 Å². The standard InChI is InChI=1S/C26H21BrN2O5/c1-16-5-3-4-6-22(16)29-25(31)21(24(30)28-26(29)32)13-18-9-12-20(33-2)14-23(18)34-15-17-7-10-19(27)11-8-17/h3-14H,15H2,1-2H3,(H,28,30,32)/b21-13+. The van der Waals surface area contributed by atoms with Crippen molar-refractivity contribution >= 4 is 45.5 Å². The summed E-state index contributed by atoms with van der Waals surface area (Å²) in [6.07, 6.45) is 1.42. The molecule has 0 bridgehead atoms. The van der Waals surface area contributed by atoms with Crippen LogP contribution in [0, 0.1) is 6.92 Å². The van der Waals surface area contributed by atoms with Gasteiger partial charge in [-0.25, -0.2) is 9.69 Å². The van der Waals surface area contributed by atoms with Gasteiger partial charge in [-0.1, -0.05) is 46.3 Å². The molecule has 1 aliphatic heterocycles. The summed E-state index contributed by atoms with van der Waals surface area (Å²) < 4.78 is 12.3. The lowest BCUT2D eigenvalue weighted by molar-refractivity contribution is -0.122. The number of aryl methyl sites for hydroxylation is 1. The molecule has 1 heterocycles. The SMILES string of the molecule is COc1ccc(/C=C2\C(=O)NC(=O)N(c3ccccc3C)C2=O)c(OCc2ccc(Br)cc2)c1. The number of methoxy groups -OCH3 is 1. The van der Waals surface area contributed by atoms with E-state index in [0.29, 0.717) is 22.7 Å². The third kappa shape index (κ3) is 4.87. The zero-order valence-electron chi connectivity index (χ0n) is 18.5. The Morgan fingerprint density at radius 2 is 1.74 bits per heavy atom. The van der Waals surface area contributed by atoms with Gasteiger partial charge < -0.3 is 9.47 Å². The molecular weight excluding hydrogens is 500 g/mol. The summed E-state index contributed by atoms with van der Waals surface area (Å²) in [5, 5.41) is 2.25. The molecule has 0 aromatic heterocycles. The highest BCUT2D eigenvalue weighted by atomic mass is 79.9. The second-order valence-electron chi connectivity index (χ2n) is 7.56. The van der Waals surface area contributed by atoms with Crippen molar-refractivity contribution in [2.24, 2.45) is 0 Å². The van der Waals surface area contributed by atoms with Crippen LogP contribution < -0.4 is 19.7 Å². The van der Waals surface area contributed by atoms with Crippen molar-refractivity contribution in [1.82, 2.24) is 5.32 Å². The van der Waals surface area contributed by atoms with Gasteiger partial charge >= 0.3 is 6.03 Å². The average molecular weight is 521 g/mol. The molecule has 34 heavy (non-hydrogen) atoms. The number of barbiturate groups is 1. The summed E-state index contributed by atoms with van der Waals surface area (Å²) in [7, 11) is 1.54. The number of amides is 4. The largest absolute Gasteiger partial charge is 0.497 e. The highest BCUT2D eigenvalue weighted by Crippen LogP contribution is 2.30. The molecule has 8 heteroatoms. The number of urea groups is 1. The van der Waals surface area contributed by atoms with Gasteiger partial charge in [0.05, 0.1) is 12.8 Å². The molecule has 0 spiro atoms. The molecule has 7 nitrogen and oxygen atoms in total. The number of para-hydroxylation sites is 1. The van der Waals surface area contributed by atoms with Gasteiger partial charge in [0, 0.05) is 16.1 Å². The minimum absolute atomic E-state index is 0.179. The van der Waals surface area contributed by atoms with Crippen molar-refractivity contribution in [3.8, 4) is 11.5 Å². The molecule has 4 rings (SSSR count). The van der Waals surface area contributed by atoms with Crippen LogP contribution in [0.5, 0.6) is 11.5 Å². The second-order valence-corrected chi connectivity index (χ2v) is 8.48. The quantitative estimate of drug-likeness (QED) is 0.364. The number of rotatable bonds is 6. The number of hydrogen-bond donors (Lipinski definition) is 1. The minimum Gasteiger partial charge on any atom is -0.497 e. The Bertz CT molecular complexity index is 1300. The van der Waals surface area contributed by atoms with E-state index in [1.165, 1.54) is 13.2 Å². The van der Waals surface area contributed by atoms with Gasteiger partial charge in [0.2, 0.25) is 0 Å². The molecule has 1 N–H and O–H groups in total. The first-order chi connectivity index (χ1) is 16.4. The lowest BCUT2D eigenvalue weighted by Crippen LogP contribution is -2.54. The van der Waals surface area contributed by atoms with Gasteiger partial charge in [0.25, 0.3) is 11.8 Å². The molecule has 172 valence electrons. The summed E-state index contributed by atoms with van der Waals surface area (Å²) in [5.74, 6) is -0.494. The van der Waals surface area contributed by atoms with Crippen molar-refractivity contribution < 1.29 is 23.9 Å². The Kier molecular flexibility index (Phi) is 6.79. The van der Waals surface area contributed by atoms with Crippen LogP contribution in [0.4, 0.5) is 10.5 Å². The lowest BCUT2D eigenvalue weighted by Gasteiger charge is -2.27. The average Bonchev–Trinajstić information content (AvgIpc) is 2.83. The number of benzene rings is 3. The Balaban J connectivity index is 1.69. The highest BCUT2D eigenvalue weighted by Gasteiger charge is 2.37. The van der Waals surface area contributed by atoms with Gasteiger partial charge in [-0.2, -0.15) is 0 Å². The number of hydrogen-bond acceptors (Lipinski definition) is 5. The van der Waals surface area contributed by atoms with E-state index in [0.717, 1.165) is 20.5 Å². The Morgan fingerprint density at radius 1 is 1.00 bits per heavy atom. The van der Waals surface area contributed by atoms with Crippen LogP contribution in [0.3, 0.4) is 0 Å². The molecule has 1 fully saturated rings. The summed E-state index contributed by atoms with van der Waals surface area (Å²) in [4.78, 5) is 39.3. The zero-order chi connectivity index (χ0) is 24.2. The van der Waals surface area contributed by atoms with Gasteiger partial charge in [-0.3, -0.25) is 14.9 Å². The fourth-order valence-corrected chi connectivity index (χ4v) is 3.74. The maximum absolute atomic E-state index is 13.3. The fraction of sp³-hybridized carbons (Fsp3) is 0.115. The van der Waals surface area contributed by atoms with Crippen LogP contribution in [-0.4, -0.2) is 25.0 Å². The number of carbonyl (C=O) groups excluding carboxylic acids is 3. The van der Waals surface area contributed by atoms with E-state index < -0.39 is 17.8 Å². The van der Waals surface area contributed by atoms with Crippen LogP contribution in [0.1, 0.15) is 16.7 Å². The van der Waals surface area contributed by atoms with Gasteiger partial charge in [-0.05, 0) is 54.5 Å². The third-order valence-electron chi connectivity index (χ3n) is 5.29. The van der Waals surface area contributed by atoms with Crippen molar-refractivity contribution in [3.63, 3.8) is 0 Å². The molecule has 1 aliphatic rings. The number of imide groups is 2. The first kappa shape index (κ1) is 23.3. The maximum Gasteiger partial charge on any atom is 0.335 e. The fourth-order valence-electron chi connectivity index (χ4n) is 3.47. The van der Waals surface area contributed by atoms with E-state index >= 15 is 0 Å².